The number of piperidine rings is 2. The Kier molecular flexibility index (Phi) is 10.4. The van der Waals surface area contributed by atoms with Gasteiger partial charge < -0.3 is 20.9 Å². The molecule has 320 valence electrons. The van der Waals surface area contributed by atoms with Crippen LogP contribution in [0.5, 0.6) is 0 Å². The molecule has 3 fully saturated rings. The number of hydrogen-bond acceptors (Lipinski definition) is 12. The molecule has 20 heteroatoms. The maximum atomic E-state index is 13.7. The van der Waals surface area contributed by atoms with Crippen molar-refractivity contribution in [3.8, 4) is 5.82 Å². The van der Waals surface area contributed by atoms with Gasteiger partial charge in [-0.1, -0.05) is 12.1 Å². The van der Waals surface area contributed by atoms with Gasteiger partial charge in [0.1, 0.15) is 23.7 Å². The summed E-state index contributed by atoms with van der Waals surface area (Å²) in [7, 11) is 5.16. The highest BCUT2D eigenvalue weighted by Gasteiger charge is 2.39. The van der Waals surface area contributed by atoms with Gasteiger partial charge in [0, 0.05) is 78.1 Å². The summed E-state index contributed by atoms with van der Waals surface area (Å²) in [5.74, 6) is -0.983. The first kappa shape index (κ1) is 40.2. The Morgan fingerprint density at radius 2 is 1.77 bits per heavy atom. The van der Waals surface area contributed by atoms with E-state index in [9.17, 15) is 33.2 Å². The molecule has 1 saturated carbocycles. The number of imide groups is 1. The van der Waals surface area contributed by atoms with Gasteiger partial charge in [-0.05, 0) is 55.2 Å². The fourth-order valence-corrected chi connectivity index (χ4v) is 8.44. The quantitative estimate of drug-likeness (QED) is 0.138. The van der Waals surface area contributed by atoms with Crippen LogP contribution < -0.4 is 32.5 Å². The number of nitrogens with zero attached hydrogens (tertiary/aromatic N) is 9. The largest absolute Gasteiger partial charge is 0.385 e. The second-order valence-electron chi connectivity index (χ2n) is 15.9. The number of imidazole rings is 2. The van der Waals surface area contributed by atoms with Crippen molar-refractivity contribution in [2.24, 2.45) is 7.05 Å². The standard InChI is InChI=1S/C42H44FN13O6/c1-44-29-19-33(50-56-32(21-46-37(29)56)39(59)48-28-18-26(28)43)47-27-7-5-15-54(41(27)61)34-11-9-23(20-45-34)40(60)51(2)25-13-16-53(17-14-25)22-24-6-4-8-30-36(24)52(3)42(62)55(30)31-10-12-35(57)49-38(31)58/h4-9,11,15,19-21,25-26,28,31,44H,10,12-14,16-18,22H2,1-3H3,(H,47,50)(H,48,59)(H,49,57,58)/t26-,28+,31?/m0/s1. The number of hydrogen-bond donors (Lipinski definition) is 4. The third-order valence-electron chi connectivity index (χ3n) is 12.0. The van der Waals surface area contributed by atoms with Gasteiger partial charge in [0.2, 0.25) is 11.8 Å². The van der Waals surface area contributed by atoms with Gasteiger partial charge in [-0.3, -0.25) is 47.9 Å². The Morgan fingerprint density at radius 1 is 0.984 bits per heavy atom. The van der Waals surface area contributed by atoms with Crippen molar-refractivity contribution in [3.63, 3.8) is 0 Å². The fourth-order valence-electron chi connectivity index (χ4n) is 8.44. The molecule has 1 aliphatic carbocycles. The summed E-state index contributed by atoms with van der Waals surface area (Å²) in [6.07, 6.45) is 5.45. The van der Waals surface area contributed by atoms with Gasteiger partial charge in [0.25, 0.3) is 17.4 Å². The van der Waals surface area contributed by atoms with E-state index in [0.717, 1.165) is 23.9 Å². The number of amides is 4. The van der Waals surface area contributed by atoms with Crippen LogP contribution in [0.2, 0.25) is 0 Å². The first-order chi connectivity index (χ1) is 29.9. The van der Waals surface area contributed by atoms with Crippen LogP contribution in [-0.4, -0.2) is 112 Å². The van der Waals surface area contributed by atoms with E-state index in [1.165, 1.54) is 26.0 Å². The maximum Gasteiger partial charge on any atom is 0.329 e. The summed E-state index contributed by atoms with van der Waals surface area (Å²) in [6, 6.07) is 12.5. The number of rotatable bonds is 11. The zero-order valence-electron chi connectivity index (χ0n) is 34.2. The molecule has 62 heavy (non-hydrogen) atoms. The number of benzene rings is 1. The minimum absolute atomic E-state index is 0.0257. The molecule has 2 aliphatic heterocycles. The van der Waals surface area contributed by atoms with Gasteiger partial charge >= 0.3 is 5.69 Å². The number of fused-ring (bicyclic) bond motifs is 2. The summed E-state index contributed by atoms with van der Waals surface area (Å²) in [5, 5.41) is 15.6. The molecular formula is C42H44FN13O6. The van der Waals surface area contributed by atoms with Gasteiger partial charge in [-0.2, -0.15) is 0 Å². The number of likely N-dealkylation sites (tertiary alicyclic amines) is 1. The minimum Gasteiger partial charge on any atom is -0.385 e. The van der Waals surface area contributed by atoms with Crippen molar-refractivity contribution in [2.75, 3.05) is 37.8 Å². The first-order valence-corrected chi connectivity index (χ1v) is 20.4. The van der Waals surface area contributed by atoms with Gasteiger partial charge in [0.05, 0.1) is 34.5 Å². The van der Waals surface area contributed by atoms with E-state index >= 15 is 0 Å². The Morgan fingerprint density at radius 3 is 2.48 bits per heavy atom. The molecule has 6 aromatic rings. The van der Waals surface area contributed by atoms with Gasteiger partial charge in [-0.25, -0.2) is 23.7 Å². The molecule has 4 amide bonds. The number of pyridine rings is 2. The monoisotopic (exact) mass is 845 g/mol. The lowest BCUT2D eigenvalue weighted by Crippen LogP contribution is -2.45. The highest BCUT2D eigenvalue weighted by atomic mass is 19.1. The summed E-state index contributed by atoms with van der Waals surface area (Å²) in [4.78, 5) is 90.9. The normalized spacial score (nSPS) is 19.4. The number of anilines is 3. The third-order valence-corrected chi connectivity index (χ3v) is 12.0. The van der Waals surface area contributed by atoms with Crippen LogP contribution in [0.4, 0.5) is 21.6 Å². The summed E-state index contributed by atoms with van der Waals surface area (Å²) >= 11 is 0. The molecular weight excluding hydrogens is 802 g/mol. The van der Waals surface area contributed by atoms with Crippen molar-refractivity contribution in [1.82, 2.24) is 53.7 Å². The van der Waals surface area contributed by atoms with Crippen LogP contribution in [-0.2, 0) is 23.2 Å². The van der Waals surface area contributed by atoms with E-state index in [-0.39, 0.29) is 60.0 Å². The third kappa shape index (κ3) is 7.35. The SMILES string of the molecule is CNc1cc(Nc2cccn(-c3ccc(C(=O)N(C)C4CCN(Cc5cccc6c5n(C)c(=O)n6C5CCC(=O)NC5=O)CC4)cn3)c2=O)nn2c(C(=O)N[C@@H]3C[C@@H]3F)cnc12. The summed E-state index contributed by atoms with van der Waals surface area (Å²) in [5.41, 5.74) is 3.15. The summed E-state index contributed by atoms with van der Waals surface area (Å²) < 4.78 is 19.2. The molecule has 3 aliphatic rings. The molecule has 0 spiro atoms. The Bertz CT molecular complexity index is 2890. The lowest BCUT2D eigenvalue weighted by atomic mass is 10.0. The predicted octanol–water partition coefficient (Wildman–Crippen LogP) is 2.27. The van der Waals surface area contributed by atoms with Gasteiger partial charge in [0.15, 0.2) is 17.2 Å². The lowest BCUT2D eigenvalue weighted by Gasteiger charge is -2.37. The molecule has 19 nitrogen and oxygen atoms in total. The van der Waals surface area contributed by atoms with E-state index in [4.69, 9.17) is 0 Å². The number of aryl methyl sites for hydroxylation is 1. The molecule has 7 heterocycles. The Hall–Kier alpha value is -7.22. The van der Waals surface area contributed by atoms with Crippen molar-refractivity contribution >= 4 is 57.5 Å². The van der Waals surface area contributed by atoms with Crippen LogP contribution in [0.3, 0.4) is 0 Å². The summed E-state index contributed by atoms with van der Waals surface area (Å²) in [6.45, 7) is 2.00. The van der Waals surface area contributed by atoms with Crippen molar-refractivity contribution in [1.29, 1.82) is 0 Å². The highest BCUT2D eigenvalue weighted by Crippen LogP contribution is 2.29. The molecule has 3 atom stereocenters. The van der Waals surface area contributed by atoms with E-state index in [2.05, 4.69) is 41.2 Å². The topological polar surface area (TPSA) is 215 Å². The lowest BCUT2D eigenvalue weighted by molar-refractivity contribution is -0.135. The fraction of sp³-hybridized carbons (Fsp3) is 0.357. The Balaban J connectivity index is 0.848. The van der Waals surface area contributed by atoms with E-state index in [1.807, 2.05) is 18.2 Å². The average Bonchev–Trinajstić information content (AvgIpc) is 3.67. The molecule has 1 unspecified atom stereocenters. The molecule has 0 radical (unpaired) electrons. The van der Waals surface area contributed by atoms with Crippen molar-refractivity contribution in [3.05, 3.63) is 105 Å². The maximum absolute atomic E-state index is 13.7. The number of nitrogens with one attached hydrogen (secondary N) is 4. The zero-order chi connectivity index (χ0) is 43.4. The predicted molar refractivity (Wildman–Crippen MR) is 225 cm³/mol. The van der Waals surface area contributed by atoms with Crippen LogP contribution in [0.25, 0.3) is 22.5 Å². The van der Waals surface area contributed by atoms with Crippen LogP contribution in [0.15, 0.2) is 76.7 Å². The van der Waals surface area contributed by atoms with Gasteiger partial charge in [-0.15, -0.1) is 5.10 Å². The number of carbonyl (C=O) groups is 4. The number of para-hydroxylation sites is 1. The van der Waals surface area contributed by atoms with Crippen LogP contribution in [0, 0.1) is 0 Å². The molecule has 0 bridgehead atoms. The average molecular weight is 846 g/mol. The number of halogens is 1. The van der Waals surface area contributed by atoms with Crippen LogP contribution in [0.1, 0.15) is 64.6 Å². The minimum atomic E-state index is -1.07. The van der Waals surface area contributed by atoms with E-state index in [0.29, 0.717) is 47.9 Å². The molecule has 5 aromatic heterocycles. The smallest absolute Gasteiger partial charge is 0.329 e. The first-order valence-electron chi connectivity index (χ1n) is 20.4. The van der Waals surface area contributed by atoms with Crippen LogP contribution >= 0.6 is 0 Å². The Labute approximate surface area is 352 Å². The van der Waals surface area contributed by atoms with E-state index in [1.54, 1.807) is 67.1 Å². The highest BCUT2D eigenvalue weighted by molar-refractivity contribution is 6.00. The molecule has 1 aromatic carbocycles. The molecule has 2 saturated heterocycles. The molecule has 9 rings (SSSR count). The van der Waals surface area contributed by atoms with Crippen molar-refractivity contribution in [2.45, 2.75) is 62.9 Å². The zero-order valence-corrected chi connectivity index (χ0v) is 34.2. The van der Waals surface area contributed by atoms with E-state index < -0.39 is 35.6 Å². The second kappa shape index (κ2) is 16.0. The number of carbonyl (C=O) groups excluding carboxylic acids is 4. The number of alkyl halides is 1. The number of aromatic nitrogens is 7. The second-order valence-corrected chi connectivity index (χ2v) is 15.9. The molecule has 4 N–H and O–H groups in total. The van der Waals surface area contributed by atoms with Crippen molar-refractivity contribution < 1.29 is 23.6 Å².